The number of nitrogens with zero attached hydrogens (tertiary/aromatic N) is 4. The lowest BCUT2D eigenvalue weighted by Crippen LogP contribution is -2.45. The number of benzene rings is 4. The van der Waals surface area contributed by atoms with Crippen molar-refractivity contribution >= 4 is 23.8 Å². The minimum Gasteiger partial charge on any atom is -0.453 e. The molecule has 4 amide bonds. The number of aromatic amines is 2. The van der Waals surface area contributed by atoms with E-state index in [1.54, 1.807) is 17.3 Å². The molecule has 4 aromatic carbocycles. The first kappa shape index (κ1) is 42.8. The Balaban J connectivity index is 0.830. The molecule has 0 radical (unpaired) electrons. The lowest BCUT2D eigenvalue weighted by Gasteiger charge is -2.29. The van der Waals surface area contributed by atoms with Crippen molar-refractivity contribution in [2.24, 2.45) is 0 Å². The highest BCUT2D eigenvalue weighted by molar-refractivity contribution is 5.91. The molecular formula is C51H50N8O6. The van der Waals surface area contributed by atoms with Crippen LogP contribution in [0.25, 0.3) is 22.5 Å². The molecule has 4 N–H and O–H groups in total. The van der Waals surface area contributed by atoms with Crippen LogP contribution in [0.2, 0.25) is 0 Å². The number of amides is 4. The van der Waals surface area contributed by atoms with Crippen molar-refractivity contribution in [3.63, 3.8) is 0 Å². The second kappa shape index (κ2) is 19.5. The first-order valence-electron chi connectivity index (χ1n) is 22.1. The molecule has 5 atom stereocenters. The molecule has 0 saturated carbocycles. The highest BCUT2D eigenvalue weighted by atomic mass is 16.5. The third kappa shape index (κ3) is 9.56. The minimum absolute atomic E-state index is 0.164. The number of rotatable bonds is 11. The van der Waals surface area contributed by atoms with Crippen LogP contribution in [-0.4, -0.2) is 86.5 Å². The van der Waals surface area contributed by atoms with Gasteiger partial charge in [0.2, 0.25) is 11.8 Å². The van der Waals surface area contributed by atoms with Gasteiger partial charge >= 0.3 is 6.09 Å². The fraction of sp³-hybridized carbons (Fsp3) is 0.294. The van der Waals surface area contributed by atoms with Crippen molar-refractivity contribution in [2.75, 3.05) is 26.8 Å². The molecule has 0 aliphatic carbocycles. The summed E-state index contributed by atoms with van der Waals surface area (Å²) >= 11 is 0. The summed E-state index contributed by atoms with van der Waals surface area (Å²) in [7, 11) is 1.28. The number of H-pyrrole nitrogens is 2. The van der Waals surface area contributed by atoms with Crippen molar-refractivity contribution in [1.29, 1.82) is 0 Å². The van der Waals surface area contributed by atoms with E-state index in [0.717, 1.165) is 71.3 Å². The van der Waals surface area contributed by atoms with Gasteiger partial charge in [0.25, 0.3) is 5.91 Å². The maximum Gasteiger partial charge on any atom is 0.407 e. The molecule has 6 aromatic rings. The molecule has 3 fully saturated rings. The van der Waals surface area contributed by atoms with Gasteiger partial charge in [0.15, 0.2) is 0 Å². The number of imidazole rings is 2. The van der Waals surface area contributed by atoms with Gasteiger partial charge in [-0.3, -0.25) is 14.4 Å². The van der Waals surface area contributed by atoms with Crippen molar-refractivity contribution in [3.8, 4) is 34.4 Å². The summed E-state index contributed by atoms with van der Waals surface area (Å²) in [6.07, 6.45) is 6.97. The van der Waals surface area contributed by atoms with Gasteiger partial charge in [-0.05, 0) is 85.0 Å². The zero-order valence-corrected chi connectivity index (χ0v) is 36.0. The first-order valence-corrected chi connectivity index (χ1v) is 22.1. The summed E-state index contributed by atoms with van der Waals surface area (Å²) in [6, 6.07) is 32.2. The number of carbonyl (C=O) groups is 4. The first-order chi connectivity index (χ1) is 31.8. The number of alkyl carbamates (subject to hydrolysis) is 1. The molecular weight excluding hydrogens is 821 g/mol. The van der Waals surface area contributed by atoms with Gasteiger partial charge < -0.3 is 39.9 Å². The van der Waals surface area contributed by atoms with Gasteiger partial charge in [-0.25, -0.2) is 14.8 Å². The Morgan fingerprint density at radius 1 is 0.646 bits per heavy atom. The van der Waals surface area contributed by atoms with Crippen LogP contribution >= 0.6 is 0 Å². The van der Waals surface area contributed by atoms with E-state index < -0.39 is 24.3 Å². The molecule has 14 nitrogen and oxygen atoms in total. The normalized spacial score (nSPS) is 18.9. The zero-order valence-electron chi connectivity index (χ0n) is 36.0. The van der Waals surface area contributed by atoms with E-state index in [4.69, 9.17) is 14.5 Å². The third-order valence-corrected chi connectivity index (χ3v) is 12.4. The third-order valence-electron chi connectivity index (χ3n) is 12.4. The average molecular weight is 871 g/mol. The Labute approximate surface area is 377 Å². The van der Waals surface area contributed by atoms with Crippen LogP contribution in [-0.2, 0) is 23.9 Å². The molecule has 0 spiro atoms. The molecule has 2 aromatic heterocycles. The predicted molar refractivity (Wildman–Crippen MR) is 242 cm³/mol. The number of nitrogens with one attached hydrogen (secondary N) is 4. The monoisotopic (exact) mass is 870 g/mol. The average Bonchev–Trinajstić information content (AvgIpc) is 4.22. The van der Waals surface area contributed by atoms with Crippen LogP contribution in [0, 0.1) is 11.8 Å². The highest BCUT2D eigenvalue weighted by Crippen LogP contribution is 2.36. The summed E-state index contributed by atoms with van der Waals surface area (Å²) < 4.78 is 10.4. The minimum atomic E-state index is -0.886. The highest BCUT2D eigenvalue weighted by Gasteiger charge is 2.39. The Kier molecular flexibility index (Phi) is 12.8. The number of aromatic nitrogens is 4. The van der Waals surface area contributed by atoms with Gasteiger partial charge in [-0.15, -0.1) is 0 Å². The van der Waals surface area contributed by atoms with E-state index in [-0.39, 0.29) is 29.8 Å². The quantitative estimate of drug-likeness (QED) is 0.0980. The molecule has 5 heterocycles. The Morgan fingerprint density at radius 3 is 1.57 bits per heavy atom. The van der Waals surface area contributed by atoms with Crippen LogP contribution in [0.1, 0.15) is 96.6 Å². The van der Waals surface area contributed by atoms with E-state index in [1.165, 1.54) is 7.11 Å². The number of methoxy groups -OCH3 is 1. The number of hydrogen-bond acceptors (Lipinski definition) is 8. The van der Waals surface area contributed by atoms with Gasteiger partial charge in [0, 0.05) is 30.8 Å². The fourth-order valence-corrected chi connectivity index (χ4v) is 8.94. The van der Waals surface area contributed by atoms with Crippen molar-refractivity contribution < 1.29 is 28.7 Å². The summed E-state index contributed by atoms with van der Waals surface area (Å²) in [4.78, 5) is 73.4. The van der Waals surface area contributed by atoms with Crippen LogP contribution in [0.4, 0.5) is 4.79 Å². The fourth-order valence-electron chi connectivity index (χ4n) is 8.94. The topological polar surface area (TPSA) is 175 Å². The SMILES string of the molecule is COC(=O)N[C@@H](C(=O)N1CCC[C@H]1c1ncc(-c2ccc(C#Cc3ccc(-c4cnc([C@@H]5CCCN5C(=O)[C@H](NC(=O)[C@@H]5CCCO5)c5ccccc5)[nH]4)cc3)cc2)[nH]1)c1ccccc1. The predicted octanol–water partition coefficient (Wildman–Crippen LogP) is 7.33. The smallest absolute Gasteiger partial charge is 0.407 e. The number of ether oxygens (including phenoxy) is 2. The molecule has 3 aliphatic rings. The molecule has 14 heteroatoms. The second-order valence-corrected chi connectivity index (χ2v) is 16.5. The van der Waals surface area contributed by atoms with Crippen LogP contribution < -0.4 is 10.6 Å². The molecule has 0 unspecified atom stereocenters. The summed E-state index contributed by atoms with van der Waals surface area (Å²) in [5.41, 5.74) is 6.65. The van der Waals surface area contributed by atoms with Crippen LogP contribution in [0.3, 0.4) is 0 Å². The summed E-state index contributed by atoms with van der Waals surface area (Å²) in [5, 5.41) is 5.70. The second-order valence-electron chi connectivity index (χ2n) is 16.5. The number of hydrogen-bond donors (Lipinski definition) is 4. The van der Waals surface area contributed by atoms with E-state index in [0.29, 0.717) is 43.3 Å². The zero-order chi connectivity index (χ0) is 44.7. The van der Waals surface area contributed by atoms with Gasteiger partial charge in [-0.2, -0.15) is 0 Å². The Bertz CT molecular complexity index is 2680. The van der Waals surface area contributed by atoms with Crippen molar-refractivity contribution in [3.05, 3.63) is 155 Å². The summed E-state index contributed by atoms with van der Waals surface area (Å²) in [6.45, 7) is 1.66. The molecule has 3 aliphatic heterocycles. The van der Waals surface area contributed by atoms with E-state index in [1.807, 2.05) is 114 Å². The van der Waals surface area contributed by atoms with E-state index in [2.05, 4.69) is 37.4 Å². The molecule has 3 saturated heterocycles. The largest absolute Gasteiger partial charge is 0.453 e. The standard InChI is InChI=1S/C51H50N8O6/c1-64-51(63)57-45(38-13-6-3-7-14-38)50(62)59-29-9-16-42(59)47-53-32-40(55-47)36-26-22-34(23-27-36)19-18-33-20-24-35(25-21-33)39-31-52-46(54-39)41-15-8-28-58(41)49(61)44(37-11-4-2-5-12-37)56-48(60)43-17-10-30-65-43/h2-7,11-14,20-27,31-32,41-45H,8-10,15-17,28-30H2,1H3,(H,52,54)(H,53,55)(H,56,60)(H,57,63)/t41-,42-,43-,44+,45+/m0/s1. The molecule has 65 heavy (non-hydrogen) atoms. The number of carbonyl (C=O) groups excluding carboxylic acids is 4. The lowest BCUT2D eigenvalue weighted by atomic mass is 10.0. The Morgan fingerprint density at radius 2 is 1.12 bits per heavy atom. The molecule has 0 bridgehead atoms. The molecule has 330 valence electrons. The van der Waals surface area contributed by atoms with Crippen molar-refractivity contribution in [1.82, 2.24) is 40.4 Å². The van der Waals surface area contributed by atoms with E-state index >= 15 is 0 Å². The van der Waals surface area contributed by atoms with Crippen LogP contribution in [0.15, 0.2) is 122 Å². The van der Waals surface area contributed by atoms with Crippen LogP contribution in [0.5, 0.6) is 0 Å². The van der Waals surface area contributed by atoms with Gasteiger partial charge in [0.05, 0.1) is 43.0 Å². The van der Waals surface area contributed by atoms with Gasteiger partial charge in [-0.1, -0.05) is 96.8 Å². The Hall–Kier alpha value is -7.50. The van der Waals surface area contributed by atoms with E-state index in [9.17, 15) is 19.2 Å². The maximum absolute atomic E-state index is 14.2. The summed E-state index contributed by atoms with van der Waals surface area (Å²) in [5.74, 6) is 7.28. The maximum atomic E-state index is 14.2. The van der Waals surface area contributed by atoms with Crippen molar-refractivity contribution in [2.45, 2.75) is 68.8 Å². The molecule has 9 rings (SSSR count). The number of likely N-dealkylation sites (tertiary alicyclic amines) is 2. The van der Waals surface area contributed by atoms with Gasteiger partial charge in [0.1, 0.15) is 29.8 Å². The lowest BCUT2D eigenvalue weighted by molar-refractivity contribution is -0.140.